The maximum atomic E-state index is 14.3. The van der Waals surface area contributed by atoms with Crippen molar-refractivity contribution in [3.05, 3.63) is 45.9 Å². The number of imide groups is 1. The fraction of sp³-hybridized carbons (Fsp3) is 0.333. The molecule has 0 radical (unpaired) electrons. The number of aromatic nitrogens is 1. The van der Waals surface area contributed by atoms with Crippen molar-refractivity contribution in [1.82, 2.24) is 9.88 Å². The van der Waals surface area contributed by atoms with Gasteiger partial charge in [-0.15, -0.1) is 11.3 Å². The van der Waals surface area contributed by atoms with Crippen LogP contribution in [0.4, 0.5) is 4.39 Å². The first-order valence-corrected chi connectivity index (χ1v) is 11.9. The van der Waals surface area contributed by atoms with Gasteiger partial charge in [-0.3, -0.25) is 19.5 Å². The van der Waals surface area contributed by atoms with Crippen LogP contribution in [0, 0.1) is 11.3 Å². The second-order valence-corrected chi connectivity index (χ2v) is 9.78. The Morgan fingerprint density at radius 2 is 2.00 bits per heavy atom. The van der Waals surface area contributed by atoms with Crippen molar-refractivity contribution < 1.29 is 18.7 Å². The van der Waals surface area contributed by atoms with Crippen molar-refractivity contribution in [3.8, 4) is 22.9 Å². The van der Waals surface area contributed by atoms with E-state index in [1.807, 2.05) is 6.07 Å². The minimum Gasteiger partial charge on any atom is -0.485 e. The van der Waals surface area contributed by atoms with Crippen LogP contribution in [0.1, 0.15) is 42.5 Å². The van der Waals surface area contributed by atoms with Gasteiger partial charge in [0, 0.05) is 40.1 Å². The standard InChI is InChI=1S/C24H19ClFN3O3S/c25-14-8-13(11-27)23(32-20-3-1-2-18(20)26)17(9-14)16-6-7-28-19-10-15(33-24(16)19)12-29-21(30)4-5-22(29)31/h6-10,18,20H,1-5,12H2/t18-,20+/m0/s1. The van der Waals surface area contributed by atoms with Crippen molar-refractivity contribution in [3.63, 3.8) is 0 Å². The number of hydrogen-bond donors (Lipinski definition) is 0. The van der Waals surface area contributed by atoms with Crippen LogP contribution in [0.2, 0.25) is 5.02 Å². The third kappa shape index (κ3) is 4.07. The zero-order chi connectivity index (χ0) is 23.1. The van der Waals surface area contributed by atoms with Gasteiger partial charge in [-0.1, -0.05) is 11.6 Å². The molecule has 1 saturated carbocycles. The summed E-state index contributed by atoms with van der Waals surface area (Å²) in [6, 6.07) is 9.01. The van der Waals surface area contributed by atoms with Crippen LogP contribution < -0.4 is 4.74 Å². The van der Waals surface area contributed by atoms with Gasteiger partial charge in [-0.25, -0.2) is 4.39 Å². The molecule has 0 bridgehead atoms. The Morgan fingerprint density at radius 3 is 2.70 bits per heavy atom. The number of fused-ring (bicyclic) bond motifs is 1. The summed E-state index contributed by atoms with van der Waals surface area (Å²) in [7, 11) is 0. The first kappa shape index (κ1) is 21.8. The van der Waals surface area contributed by atoms with E-state index in [1.54, 1.807) is 18.3 Å². The number of halogens is 2. The molecule has 2 aliphatic rings. The number of rotatable bonds is 5. The largest absolute Gasteiger partial charge is 0.485 e. The molecule has 3 heterocycles. The number of alkyl halides is 1. The molecule has 1 aliphatic carbocycles. The Balaban J connectivity index is 1.59. The van der Waals surface area contributed by atoms with Gasteiger partial charge in [0.2, 0.25) is 11.8 Å². The van der Waals surface area contributed by atoms with Gasteiger partial charge < -0.3 is 4.74 Å². The Kier molecular flexibility index (Phi) is 5.77. The first-order valence-electron chi connectivity index (χ1n) is 10.7. The lowest BCUT2D eigenvalue weighted by atomic mass is 10.0. The molecule has 3 aromatic rings. The number of benzene rings is 1. The number of amides is 2. The highest BCUT2D eigenvalue weighted by atomic mass is 35.5. The molecule has 0 N–H and O–H groups in total. The van der Waals surface area contributed by atoms with E-state index in [1.165, 1.54) is 22.3 Å². The van der Waals surface area contributed by atoms with Crippen LogP contribution in [0.15, 0.2) is 30.5 Å². The molecule has 9 heteroatoms. The molecule has 33 heavy (non-hydrogen) atoms. The summed E-state index contributed by atoms with van der Waals surface area (Å²) in [6.07, 6.45) is 2.19. The molecule has 1 aliphatic heterocycles. The van der Waals surface area contributed by atoms with Crippen molar-refractivity contribution in [1.29, 1.82) is 5.26 Å². The summed E-state index contributed by atoms with van der Waals surface area (Å²) in [5, 5.41) is 10.1. The lowest BCUT2D eigenvalue weighted by molar-refractivity contribution is -0.138. The summed E-state index contributed by atoms with van der Waals surface area (Å²) in [5.74, 6) is -0.0388. The van der Waals surface area contributed by atoms with E-state index < -0.39 is 12.3 Å². The monoisotopic (exact) mass is 483 g/mol. The van der Waals surface area contributed by atoms with Gasteiger partial charge in [-0.2, -0.15) is 5.26 Å². The molecular weight excluding hydrogens is 465 g/mol. The molecule has 168 valence electrons. The highest BCUT2D eigenvalue weighted by Crippen LogP contribution is 2.43. The molecule has 0 unspecified atom stereocenters. The van der Waals surface area contributed by atoms with Crippen LogP contribution >= 0.6 is 22.9 Å². The normalized spacial score (nSPS) is 20.6. The van der Waals surface area contributed by atoms with Gasteiger partial charge in [0.1, 0.15) is 24.1 Å². The summed E-state index contributed by atoms with van der Waals surface area (Å²) < 4.78 is 21.2. The van der Waals surface area contributed by atoms with Gasteiger partial charge in [0.05, 0.1) is 22.3 Å². The maximum absolute atomic E-state index is 14.3. The molecule has 1 saturated heterocycles. The number of carbonyl (C=O) groups excluding carboxylic acids is 2. The Bertz CT molecular complexity index is 1300. The predicted molar refractivity (Wildman–Crippen MR) is 123 cm³/mol. The molecule has 2 aromatic heterocycles. The number of nitrogens with zero attached hydrogens (tertiary/aromatic N) is 3. The first-order chi connectivity index (χ1) is 15.9. The summed E-state index contributed by atoms with van der Waals surface area (Å²) >= 11 is 7.74. The van der Waals surface area contributed by atoms with E-state index in [9.17, 15) is 19.2 Å². The lowest BCUT2D eigenvalue weighted by Crippen LogP contribution is -2.27. The van der Waals surface area contributed by atoms with Crippen molar-refractivity contribution in [2.24, 2.45) is 0 Å². The number of ether oxygens (including phenoxy) is 1. The van der Waals surface area contributed by atoms with Crippen molar-refractivity contribution >= 4 is 45.0 Å². The lowest BCUT2D eigenvalue weighted by Gasteiger charge is -2.20. The van der Waals surface area contributed by atoms with Crippen LogP contribution in [-0.2, 0) is 16.1 Å². The van der Waals surface area contributed by atoms with E-state index in [-0.39, 0.29) is 36.8 Å². The van der Waals surface area contributed by atoms with Crippen LogP contribution in [0.3, 0.4) is 0 Å². The highest BCUT2D eigenvalue weighted by Gasteiger charge is 2.31. The molecule has 0 spiro atoms. The number of thiophene rings is 1. The minimum atomic E-state index is -1.08. The molecule has 2 atom stereocenters. The second-order valence-electron chi connectivity index (χ2n) is 8.20. The van der Waals surface area contributed by atoms with Crippen LogP contribution in [0.25, 0.3) is 21.3 Å². The van der Waals surface area contributed by atoms with Gasteiger partial charge in [0.25, 0.3) is 0 Å². The Morgan fingerprint density at radius 1 is 1.21 bits per heavy atom. The predicted octanol–water partition coefficient (Wildman–Crippen LogP) is 5.41. The molecule has 1 aromatic carbocycles. The van der Waals surface area contributed by atoms with E-state index in [0.29, 0.717) is 34.7 Å². The average Bonchev–Trinajstić information content (AvgIpc) is 3.49. The van der Waals surface area contributed by atoms with Crippen molar-refractivity contribution in [2.75, 3.05) is 0 Å². The smallest absolute Gasteiger partial charge is 0.230 e. The van der Waals surface area contributed by atoms with E-state index >= 15 is 0 Å². The summed E-state index contributed by atoms with van der Waals surface area (Å²) in [4.78, 5) is 30.6. The topological polar surface area (TPSA) is 83.3 Å². The third-order valence-corrected chi connectivity index (χ3v) is 7.40. The maximum Gasteiger partial charge on any atom is 0.230 e. The Hall–Kier alpha value is -3.02. The van der Waals surface area contributed by atoms with Gasteiger partial charge in [0.15, 0.2) is 0 Å². The molecule has 2 amide bonds. The zero-order valence-electron chi connectivity index (χ0n) is 17.5. The molecule has 5 rings (SSSR count). The highest BCUT2D eigenvalue weighted by molar-refractivity contribution is 7.19. The second kappa shape index (κ2) is 8.73. The summed E-state index contributed by atoms with van der Waals surface area (Å²) in [6.45, 7) is 0.200. The van der Waals surface area contributed by atoms with E-state index in [4.69, 9.17) is 16.3 Å². The molecule has 2 fully saturated rings. The van der Waals surface area contributed by atoms with Crippen LogP contribution in [-0.4, -0.2) is 34.0 Å². The number of pyridine rings is 1. The SMILES string of the molecule is N#Cc1cc(Cl)cc(-c2ccnc3cc(CN4C(=O)CCC4=O)sc23)c1O[C@@H]1CCC[C@@H]1F. The fourth-order valence-corrected chi connectivity index (χ4v) is 5.75. The average molecular weight is 484 g/mol. The number of carbonyl (C=O) groups is 2. The molecule has 6 nitrogen and oxygen atoms in total. The Labute approximate surface area is 198 Å². The summed E-state index contributed by atoms with van der Waals surface area (Å²) in [5.41, 5.74) is 2.27. The fourth-order valence-electron chi connectivity index (χ4n) is 4.40. The van der Waals surface area contributed by atoms with Crippen molar-refractivity contribution in [2.45, 2.75) is 50.9 Å². The van der Waals surface area contributed by atoms with E-state index in [0.717, 1.165) is 21.6 Å². The van der Waals surface area contributed by atoms with Gasteiger partial charge in [-0.05, 0) is 43.5 Å². The van der Waals surface area contributed by atoms with Crippen LogP contribution in [0.5, 0.6) is 5.75 Å². The van der Waals surface area contributed by atoms with E-state index in [2.05, 4.69) is 11.1 Å². The quantitative estimate of drug-likeness (QED) is 0.453. The third-order valence-electron chi connectivity index (χ3n) is 6.04. The minimum absolute atomic E-state index is 0.174. The number of nitriles is 1. The zero-order valence-corrected chi connectivity index (χ0v) is 19.1. The number of hydrogen-bond acceptors (Lipinski definition) is 6. The van der Waals surface area contributed by atoms with Gasteiger partial charge >= 0.3 is 0 Å². The molecular formula is C24H19ClFN3O3S. The number of likely N-dealkylation sites (tertiary alicyclic amines) is 1.